The Balaban J connectivity index is 2.81. The first-order valence-corrected chi connectivity index (χ1v) is 6.27. The third kappa shape index (κ3) is 4.51. The van der Waals surface area contributed by atoms with Crippen LogP contribution in [-0.2, 0) is 14.3 Å². The number of hydrogen-bond donors (Lipinski definition) is 2. The van der Waals surface area contributed by atoms with Crippen LogP contribution in [-0.4, -0.2) is 25.0 Å². The Morgan fingerprint density at radius 3 is 2.40 bits per heavy atom. The maximum Gasteiger partial charge on any atom is 0.254 e. The number of amides is 2. The summed E-state index contributed by atoms with van der Waals surface area (Å²) in [6.45, 7) is 5.49. The zero-order chi connectivity index (χ0) is 15.1. The quantitative estimate of drug-likeness (QED) is 0.737. The van der Waals surface area contributed by atoms with Crippen molar-refractivity contribution in [2.45, 2.75) is 25.5 Å². The molecule has 5 heteroatoms. The largest absolute Gasteiger partial charge is 0.368 e. The predicted octanol–water partition coefficient (Wildman–Crippen LogP) is 1.31. The van der Waals surface area contributed by atoms with E-state index < -0.39 is 24.0 Å². The second-order valence-electron chi connectivity index (χ2n) is 4.65. The molecule has 0 heterocycles. The molecule has 2 amide bonds. The van der Waals surface area contributed by atoms with E-state index in [1.165, 1.54) is 7.11 Å². The summed E-state index contributed by atoms with van der Waals surface area (Å²) in [5.41, 5.74) is 6.76. The van der Waals surface area contributed by atoms with E-state index in [0.29, 0.717) is 12.0 Å². The fourth-order valence-corrected chi connectivity index (χ4v) is 1.84. The third-order valence-corrected chi connectivity index (χ3v) is 2.79. The van der Waals surface area contributed by atoms with Crippen molar-refractivity contribution in [3.8, 4) is 0 Å². The van der Waals surface area contributed by atoms with Crippen molar-refractivity contribution in [3.05, 3.63) is 48.0 Å². The third-order valence-electron chi connectivity index (χ3n) is 2.79. The van der Waals surface area contributed by atoms with Gasteiger partial charge in [0.2, 0.25) is 5.91 Å². The van der Waals surface area contributed by atoms with Gasteiger partial charge in [0.15, 0.2) is 6.10 Å². The first-order valence-electron chi connectivity index (χ1n) is 6.27. The van der Waals surface area contributed by atoms with E-state index in [1.54, 1.807) is 19.1 Å². The van der Waals surface area contributed by atoms with Gasteiger partial charge in [0.05, 0.1) is 0 Å². The molecular weight excluding hydrogens is 256 g/mol. The molecule has 108 valence electrons. The van der Waals surface area contributed by atoms with Crippen LogP contribution in [0.3, 0.4) is 0 Å². The predicted molar refractivity (Wildman–Crippen MR) is 76.7 cm³/mol. The van der Waals surface area contributed by atoms with Gasteiger partial charge in [0.1, 0.15) is 6.04 Å². The maximum atomic E-state index is 12.2. The minimum Gasteiger partial charge on any atom is -0.368 e. The highest BCUT2D eigenvalue weighted by molar-refractivity contribution is 5.89. The lowest BCUT2D eigenvalue weighted by molar-refractivity contribution is -0.134. The number of carbonyl (C=O) groups is 2. The molecule has 1 aromatic rings. The van der Waals surface area contributed by atoms with Crippen LogP contribution in [0.1, 0.15) is 25.0 Å². The van der Waals surface area contributed by atoms with Crippen molar-refractivity contribution in [2.24, 2.45) is 5.73 Å². The summed E-state index contributed by atoms with van der Waals surface area (Å²) >= 11 is 0. The van der Waals surface area contributed by atoms with Crippen molar-refractivity contribution < 1.29 is 14.3 Å². The molecule has 0 saturated carbocycles. The number of nitrogens with two attached hydrogens (primary N) is 1. The van der Waals surface area contributed by atoms with Crippen LogP contribution >= 0.6 is 0 Å². The van der Waals surface area contributed by atoms with Crippen molar-refractivity contribution in [1.82, 2.24) is 5.32 Å². The number of ether oxygens (including phenoxy) is 1. The highest BCUT2D eigenvalue weighted by atomic mass is 16.5. The molecule has 0 bridgehead atoms. The molecule has 0 aliphatic rings. The van der Waals surface area contributed by atoms with Gasteiger partial charge in [-0.05, 0) is 18.9 Å². The number of primary amides is 1. The molecule has 0 aromatic heterocycles. The number of carbonyl (C=O) groups excluding carboxylic acids is 2. The highest BCUT2D eigenvalue weighted by Gasteiger charge is 2.25. The lowest BCUT2D eigenvalue weighted by Crippen LogP contribution is -2.46. The molecule has 5 nitrogen and oxygen atoms in total. The zero-order valence-electron chi connectivity index (χ0n) is 11.8. The van der Waals surface area contributed by atoms with Crippen LogP contribution in [0.25, 0.3) is 0 Å². The molecule has 2 atom stereocenters. The van der Waals surface area contributed by atoms with E-state index >= 15 is 0 Å². The lowest BCUT2D eigenvalue weighted by Gasteiger charge is -2.20. The van der Waals surface area contributed by atoms with E-state index in [-0.39, 0.29) is 0 Å². The average molecular weight is 276 g/mol. The monoisotopic (exact) mass is 276 g/mol. The molecule has 1 rings (SSSR count). The van der Waals surface area contributed by atoms with Crippen LogP contribution in [0.15, 0.2) is 42.5 Å². The molecule has 0 spiro atoms. The van der Waals surface area contributed by atoms with Gasteiger partial charge in [-0.1, -0.05) is 35.9 Å². The summed E-state index contributed by atoms with van der Waals surface area (Å²) in [6.07, 6.45) is -0.463. The summed E-state index contributed by atoms with van der Waals surface area (Å²) in [5, 5.41) is 2.60. The molecule has 0 aliphatic carbocycles. The fraction of sp³-hybridized carbons (Fsp3) is 0.333. The normalized spacial score (nSPS) is 13.3. The second kappa shape index (κ2) is 7.45. The van der Waals surface area contributed by atoms with Gasteiger partial charge in [-0.25, -0.2) is 0 Å². The fourth-order valence-electron chi connectivity index (χ4n) is 1.84. The summed E-state index contributed by atoms with van der Waals surface area (Å²) < 4.78 is 5.20. The van der Waals surface area contributed by atoms with Crippen molar-refractivity contribution in [3.63, 3.8) is 0 Å². The standard InChI is InChI=1S/C15H20N2O3/c1-10(2)9-12(14(16)18)17-15(19)13(20-3)11-7-5-4-6-8-11/h4-8,12-13H,1,9H2,2-3H3,(H2,16,18)(H,17,19)/t12-,13+/m1/s1. The number of benzene rings is 1. The van der Waals surface area contributed by atoms with E-state index in [1.807, 2.05) is 18.2 Å². The summed E-state index contributed by atoms with van der Waals surface area (Å²) in [6, 6.07) is 8.27. The smallest absolute Gasteiger partial charge is 0.254 e. The minimum atomic E-state index is -0.777. The molecule has 0 aliphatic heterocycles. The van der Waals surface area contributed by atoms with Gasteiger partial charge in [-0.15, -0.1) is 6.58 Å². The van der Waals surface area contributed by atoms with E-state index in [0.717, 1.165) is 5.57 Å². The van der Waals surface area contributed by atoms with Crippen LogP contribution in [0.2, 0.25) is 0 Å². The Morgan fingerprint density at radius 1 is 1.35 bits per heavy atom. The molecule has 0 unspecified atom stereocenters. The Labute approximate surface area is 118 Å². The van der Waals surface area contributed by atoms with Gasteiger partial charge in [0, 0.05) is 7.11 Å². The van der Waals surface area contributed by atoms with Gasteiger partial charge < -0.3 is 15.8 Å². The van der Waals surface area contributed by atoms with Gasteiger partial charge in [0.25, 0.3) is 5.91 Å². The first-order chi connectivity index (χ1) is 9.45. The Bertz CT molecular complexity index is 485. The van der Waals surface area contributed by atoms with E-state index in [4.69, 9.17) is 10.5 Å². The number of hydrogen-bond acceptors (Lipinski definition) is 3. The van der Waals surface area contributed by atoms with Gasteiger partial charge in [-0.2, -0.15) is 0 Å². The Hall–Kier alpha value is -2.14. The molecule has 3 N–H and O–H groups in total. The molecule has 0 radical (unpaired) electrons. The second-order valence-corrected chi connectivity index (χ2v) is 4.65. The number of methoxy groups -OCH3 is 1. The minimum absolute atomic E-state index is 0.312. The molecule has 0 saturated heterocycles. The van der Waals surface area contributed by atoms with Crippen LogP contribution in [0.5, 0.6) is 0 Å². The number of nitrogens with one attached hydrogen (secondary N) is 1. The van der Waals surface area contributed by atoms with Gasteiger partial charge in [-0.3, -0.25) is 9.59 Å². The van der Waals surface area contributed by atoms with Crippen LogP contribution in [0, 0.1) is 0 Å². The summed E-state index contributed by atoms with van der Waals surface area (Å²) in [4.78, 5) is 23.5. The molecule has 0 fully saturated rings. The Morgan fingerprint density at radius 2 is 1.95 bits per heavy atom. The summed E-state index contributed by atoms with van der Waals surface area (Å²) in [7, 11) is 1.44. The average Bonchev–Trinajstić information content (AvgIpc) is 2.39. The van der Waals surface area contributed by atoms with Crippen molar-refractivity contribution in [2.75, 3.05) is 7.11 Å². The topological polar surface area (TPSA) is 81.4 Å². The van der Waals surface area contributed by atoms with Crippen LogP contribution in [0.4, 0.5) is 0 Å². The van der Waals surface area contributed by atoms with E-state index in [2.05, 4.69) is 11.9 Å². The van der Waals surface area contributed by atoms with Crippen molar-refractivity contribution >= 4 is 11.8 Å². The Kier molecular flexibility index (Phi) is 5.93. The summed E-state index contributed by atoms with van der Waals surface area (Å²) in [5.74, 6) is -0.993. The first kappa shape index (κ1) is 15.9. The van der Waals surface area contributed by atoms with Gasteiger partial charge >= 0.3 is 0 Å². The molecule has 1 aromatic carbocycles. The number of rotatable bonds is 7. The zero-order valence-corrected chi connectivity index (χ0v) is 11.8. The molecule has 20 heavy (non-hydrogen) atoms. The molecular formula is C15H20N2O3. The van der Waals surface area contributed by atoms with E-state index in [9.17, 15) is 9.59 Å². The lowest BCUT2D eigenvalue weighted by atomic mass is 10.1. The van der Waals surface area contributed by atoms with Crippen molar-refractivity contribution in [1.29, 1.82) is 0 Å². The SMILES string of the molecule is C=C(C)C[C@@H](NC(=O)[C@@H](OC)c1ccccc1)C(N)=O. The van der Waals surface area contributed by atoms with Crippen LogP contribution < -0.4 is 11.1 Å². The maximum absolute atomic E-state index is 12.2. The highest BCUT2D eigenvalue weighted by Crippen LogP contribution is 2.17.